The Morgan fingerprint density at radius 1 is 1.42 bits per heavy atom. The molecule has 0 saturated carbocycles. The van der Waals surface area contributed by atoms with Crippen LogP contribution in [-0.4, -0.2) is 0 Å². The lowest BCUT2D eigenvalue weighted by molar-refractivity contribution is 0.820. The lowest BCUT2D eigenvalue weighted by atomic mass is 9.96. The molecule has 0 fully saturated rings. The smallest absolute Gasteiger partial charge is 0.00462 e. The molecular weight excluding hydrogens is 144 g/mol. The van der Waals surface area contributed by atoms with Crippen LogP contribution in [0.25, 0.3) is 0 Å². The van der Waals surface area contributed by atoms with Crippen molar-refractivity contribution in [2.75, 3.05) is 0 Å². The zero-order valence-corrected chi connectivity index (χ0v) is 8.72. The molecule has 1 atom stereocenters. The van der Waals surface area contributed by atoms with Crippen LogP contribution >= 0.6 is 0 Å². The SMILES string of the molecule is C=CCC(=CC)C(C)C=C(C)C. The summed E-state index contributed by atoms with van der Waals surface area (Å²) in [5, 5.41) is 0. The first-order chi connectivity index (χ1) is 5.61. The van der Waals surface area contributed by atoms with Crippen LogP contribution in [0.2, 0.25) is 0 Å². The molecule has 0 spiro atoms. The highest BCUT2D eigenvalue weighted by Crippen LogP contribution is 2.17. The van der Waals surface area contributed by atoms with E-state index in [4.69, 9.17) is 0 Å². The van der Waals surface area contributed by atoms with Crippen molar-refractivity contribution in [3.05, 3.63) is 36.0 Å². The van der Waals surface area contributed by atoms with E-state index in [0.717, 1.165) is 6.42 Å². The Bertz CT molecular complexity index is 190. The average molecular weight is 164 g/mol. The molecule has 0 aliphatic heterocycles. The third kappa shape index (κ3) is 4.17. The number of allylic oxidation sites excluding steroid dienone is 5. The second kappa shape index (κ2) is 5.82. The molecule has 68 valence electrons. The van der Waals surface area contributed by atoms with Gasteiger partial charge in [-0.2, -0.15) is 0 Å². The Labute approximate surface area is 76.7 Å². The Hall–Kier alpha value is -0.780. The van der Waals surface area contributed by atoms with Gasteiger partial charge >= 0.3 is 0 Å². The van der Waals surface area contributed by atoms with Crippen LogP contribution in [0.4, 0.5) is 0 Å². The Kier molecular flexibility index (Phi) is 5.44. The lowest BCUT2D eigenvalue weighted by Gasteiger charge is -2.10. The predicted molar refractivity (Wildman–Crippen MR) is 57.2 cm³/mol. The molecule has 0 saturated heterocycles. The molecule has 0 aromatic carbocycles. The second-order valence-electron chi connectivity index (χ2n) is 3.39. The first kappa shape index (κ1) is 11.2. The van der Waals surface area contributed by atoms with Crippen LogP contribution in [0.15, 0.2) is 36.0 Å². The fourth-order valence-corrected chi connectivity index (χ4v) is 1.34. The highest BCUT2D eigenvalue weighted by molar-refractivity contribution is 5.16. The minimum Gasteiger partial charge on any atom is -0.103 e. The normalized spacial score (nSPS) is 13.8. The Morgan fingerprint density at radius 3 is 2.33 bits per heavy atom. The highest BCUT2D eigenvalue weighted by Gasteiger charge is 2.01. The van der Waals surface area contributed by atoms with Gasteiger partial charge in [-0.25, -0.2) is 0 Å². The van der Waals surface area contributed by atoms with E-state index in [0.29, 0.717) is 5.92 Å². The third-order valence-corrected chi connectivity index (χ3v) is 1.92. The largest absolute Gasteiger partial charge is 0.103 e. The van der Waals surface area contributed by atoms with Crippen LogP contribution in [0.5, 0.6) is 0 Å². The zero-order chi connectivity index (χ0) is 9.56. The summed E-state index contributed by atoms with van der Waals surface area (Å²) in [5.41, 5.74) is 2.83. The van der Waals surface area contributed by atoms with E-state index >= 15 is 0 Å². The maximum atomic E-state index is 3.75. The van der Waals surface area contributed by atoms with E-state index in [2.05, 4.69) is 46.4 Å². The van der Waals surface area contributed by atoms with Crippen molar-refractivity contribution in [3.63, 3.8) is 0 Å². The molecular formula is C12H20. The van der Waals surface area contributed by atoms with E-state index in [1.807, 2.05) is 6.08 Å². The fraction of sp³-hybridized carbons (Fsp3) is 0.500. The topological polar surface area (TPSA) is 0 Å². The van der Waals surface area contributed by atoms with Crippen molar-refractivity contribution in [2.24, 2.45) is 5.92 Å². The summed E-state index contributed by atoms with van der Waals surface area (Å²) in [4.78, 5) is 0. The Balaban J connectivity index is 4.32. The molecule has 0 aromatic heterocycles. The second-order valence-corrected chi connectivity index (χ2v) is 3.39. The molecule has 0 N–H and O–H groups in total. The average Bonchev–Trinajstić information content (AvgIpc) is 1.98. The molecule has 0 bridgehead atoms. The van der Waals surface area contributed by atoms with Gasteiger partial charge in [-0.1, -0.05) is 36.3 Å². The Morgan fingerprint density at radius 2 is 2.00 bits per heavy atom. The van der Waals surface area contributed by atoms with E-state index < -0.39 is 0 Å². The van der Waals surface area contributed by atoms with Crippen LogP contribution in [0, 0.1) is 5.92 Å². The van der Waals surface area contributed by atoms with Gasteiger partial charge < -0.3 is 0 Å². The minimum atomic E-state index is 0.554. The summed E-state index contributed by atoms with van der Waals surface area (Å²) >= 11 is 0. The molecule has 0 amide bonds. The summed E-state index contributed by atoms with van der Waals surface area (Å²) < 4.78 is 0. The van der Waals surface area contributed by atoms with Crippen molar-refractivity contribution in [2.45, 2.75) is 34.1 Å². The summed E-state index contributed by atoms with van der Waals surface area (Å²) in [7, 11) is 0. The summed E-state index contributed by atoms with van der Waals surface area (Å²) in [6, 6.07) is 0. The van der Waals surface area contributed by atoms with Crippen molar-refractivity contribution in [1.29, 1.82) is 0 Å². The lowest BCUT2D eigenvalue weighted by Crippen LogP contribution is -1.95. The van der Waals surface area contributed by atoms with Gasteiger partial charge in [0.1, 0.15) is 0 Å². The van der Waals surface area contributed by atoms with Crippen molar-refractivity contribution in [1.82, 2.24) is 0 Å². The predicted octanol–water partition coefficient (Wildman–Crippen LogP) is 4.11. The fourth-order valence-electron chi connectivity index (χ4n) is 1.34. The van der Waals surface area contributed by atoms with Gasteiger partial charge in [0.15, 0.2) is 0 Å². The van der Waals surface area contributed by atoms with E-state index in [9.17, 15) is 0 Å². The molecule has 1 unspecified atom stereocenters. The molecule has 0 nitrogen and oxygen atoms in total. The van der Waals surface area contributed by atoms with Gasteiger partial charge in [0.2, 0.25) is 0 Å². The molecule has 0 aromatic rings. The molecule has 0 rings (SSSR count). The van der Waals surface area contributed by atoms with Crippen molar-refractivity contribution >= 4 is 0 Å². The van der Waals surface area contributed by atoms with E-state index in [-0.39, 0.29) is 0 Å². The molecule has 0 radical (unpaired) electrons. The minimum absolute atomic E-state index is 0.554. The van der Waals surface area contributed by atoms with Gasteiger partial charge in [-0.15, -0.1) is 6.58 Å². The van der Waals surface area contributed by atoms with Gasteiger partial charge in [-0.05, 0) is 33.1 Å². The first-order valence-electron chi connectivity index (χ1n) is 4.52. The third-order valence-electron chi connectivity index (χ3n) is 1.92. The summed E-state index contributed by atoms with van der Waals surface area (Å²) in [6.45, 7) is 12.3. The standard InChI is InChI=1S/C12H20/c1-6-8-12(7-2)11(5)9-10(3)4/h6-7,9,11H,1,8H2,2-5H3. The highest BCUT2D eigenvalue weighted by atomic mass is 14.1. The van der Waals surface area contributed by atoms with E-state index in [1.54, 1.807) is 0 Å². The van der Waals surface area contributed by atoms with Gasteiger partial charge in [0.25, 0.3) is 0 Å². The van der Waals surface area contributed by atoms with Gasteiger partial charge in [0, 0.05) is 0 Å². The van der Waals surface area contributed by atoms with Crippen molar-refractivity contribution in [3.8, 4) is 0 Å². The molecule has 0 heteroatoms. The maximum Gasteiger partial charge on any atom is -0.00462 e. The van der Waals surface area contributed by atoms with Crippen LogP contribution in [0.1, 0.15) is 34.1 Å². The zero-order valence-electron chi connectivity index (χ0n) is 8.72. The molecule has 0 aliphatic rings. The quantitative estimate of drug-likeness (QED) is 0.548. The summed E-state index contributed by atoms with van der Waals surface area (Å²) in [5.74, 6) is 0.554. The van der Waals surface area contributed by atoms with Crippen LogP contribution in [0.3, 0.4) is 0 Å². The van der Waals surface area contributed by atoms with Crippen LogP contribution in [-0.2, 0) is 0 Å². The molecule has 12 heavy (non-hydrogen) atoms. The van der Waals surface area contributed by atoms with Crippen LogP contribution < -0.4 is 0 Å². The molecule has 0 aliphatic carbocycles. The first-order valence-corrected chi connectivity index (χ1v) is 4.52. The molecule has 0 heterocycles. The van der Waals surface area contributed by atoms with E-state index in [1.165, 1.54) is 11.1 Å². The summed E-state index contributed by atoms with van der Waals surface area (Å²) in [6.07, 6.45) is 7.44. The maximum absolute atomic E-state index is 3.75. The van der Waals surface area contributed by atoms with Crippen molar-refractivity contribution < 1.29 is 0 Å². The van der Waals surface area contributed by atoms with Gasteiger partial charge in [0.05, 0.1) is 0 Å². The number of rotatable bonds is 4. The monoisotopic (exact) mass is 164 g/mol. The van der Waals surface area contributed by atoms with Gasteiger partial charge in [-0.3, -0.25) is 0 Å². The number of hydrogen-bond acceptors (Lipinski definition) is 0. The number of hydrogen-bond donors (Lipinski definition) is 0.